The summed E-state index contributed by atoms with van der Waals surface area (Å²) in [4.78, 5) is 10.6. The van der Waals surface area contributed by atoms with Gasteiger partial charge < -0.3 is 4.74 Å². The van der Waals surface area contributed by atoms with Gasteiger partial charge >= 0.3 is 5.97 Å². The fraction of sp³-hybridized carbons (Fsp3) is 0.875. The van der Waals surface area contributed by atoms with Crippen molar-refractivity contribution in [1.29, 1.82) is 0 Å². The second kappa shape index (κ2) is 22.3. The maximum absolute atomic E-state index is 10.6. The second-order valence-electron chi connectivity index (χ2n) is 7.69. The molecule has 0 N–H and O–H groups in total. The molecule has 0 rings (SSSR count). The Bertz CT molecular complexity index is 309. The molecule has 0 aromatic carbocycles. The largest absolute Gasteiger partial charge is 0.466 e. The number of allylic oxidation sites excluding steroid dienone is 2. The summed E-state index contributed by atoms with van der Waals surface area (Å²) in [7, 11) is 0. The first kappa shape index (κ1) is 25.2. The first-order chi connectivity index (χ1) is 12.8. The van der Waals surface area contributed by atoms with Crippen molar-refractivity contribution < 1.29 is 9.53 Å². The van der Waals surface area contributed by atoms with Gasteiger partial charge in [-0.3, -0.25) is 4.79 Å². The summed E-state index contributed by atoms with van der Waals surface area (Å²) in [5.74, 6) is -0.154. The average molecular weight is 367 g/mol. The molecule has 0 aromatic heterocycles. The van der Waals surface area contributed by atoms with E-state index in [4.69, 9.17) is 4.74 Å². The summed E-state index contributed by atoms with van der Waals surface area (Å²) >= 11 is 0. The smallest absolute Gasteiger partial charge is 0.302 e. The number of ether oxygens (including phenoxy) is 1. The number of rotatable bonds is 20. The van der Waals surface area contributed by atoms with Crippen molar-refractivity contribution in [2.24, 2.45) is 0 Å². The maximum Gasteiger partial charge on any atom is 0.302 e. The lowest BCUT2D eigenvalue weighted by Crippen LogP contribution is -2.00. The number of hydrogen-bond donors (Lipinski definition) is 0. The van der Waals surface area contributed by atoms with E-state index in [0.717, 1.165) is 6.42 Å². The summed E-state index contributed by atoms with van der Waals surface area (Å²) in [6.07, 6.45) is 28.9. The molecule has 0 fully saturated rings. The number of esters is 1. The van der Waals surface area contributed by atoms with E-state index in [9.17, 15) is 4.79 Å². The zero-order valence-electron chi connectivity index (χ0n) is 17.9. The fourth-order valence-corrected chi connectivity index (χ4v) is 3.27. The van der Waals surface area contributed by atoms with Crippen molar-refractivity contribution in [2.75, 3.05) is 6.61 Å². The van der Waals surface area contributed by atoms with Gasteiger partial charge in [-0.2, -0.15) is 0 Å². The first-order valence-electron chi connectivity index (χ1n) is 11.6. The molecule has 0 aliphatic rings. The minimum absolute atomic E-state index is 0.154. The summed E-state index contributed by atoms with van der Waals surface area (Å²) in [5, 5.41) is 0. The number of carbonyl (C=O) groups is 1. The van der Waals surface area contributed by atoms with Gasteiger partial charge in [-0.05, 0) is 32.1 Å². The van der Waals surface area contributed by atoms with Crippen LogP contribution in [-0.2, 0) is 9.53 Å². The van der Waals surface area contributed by atoms with E-state index >= 15 is 0 Å². The topological polar surface area (TPSA) is 26.3 Å². The van der Waals surface area contributed by atoms with E-state index in [0.29, 0.717) is 6.61 Å². The number of hydrogen-bond acceptors (Lipinski definition) is 2. The van der Waals surface area contributed by atoms with Crippen molar-refractivity contribution in [2.45, 2.75) is 129 Å². The van der Waals surface area contributed by atoms with Gasteiger partial charge in [0.25, 0.3) is 0 Å². The zero-order chi connectivity index (χ0) is 19.1. The first-order valence-corrected chi connectivity index (χ1v) is 11.6. The third kappa shape index (κ3) is 23.2. The Hall–Kier alpha value is -0.790. The minimum Gasteiger partial charge on any atom is -0.466 e. The summed E-state index contributed by atoms with van der Waals surface area (Å²) < 4.78 is 4.94. The quantitative estimate of drug-likeness (QED) is 0.123. The molecule has 0 saturated carbocycles. The minimum atomic E-state index is -0.154. The normalized spacial score (nSPS) is 11.3. The van der Waals surface area contributed by atoms with E-state index in [1.165, 1.54) is 116 Å². The monoisotopic (exact) mass is 366 g/mol. The van der Waals surface area contributed by atoms with Gasteiger partial charge in [-0.1, -0.05) is 103 Å². The molecule has 2 nitrogen and oxygen atoms in total. The SMILES string of the molecule is CCCCCCCCC=CCCCCCCCCCCCCOC(C)=O. The molecule has 0 unspecified atom stereocenters. The van der Waals surface area contributed by atoms with Crippen LogP contribution in [0, 0.1) is 0 Å². The number of carbonyl (C=O) groups excluding carboxylic acids is 1. The van der Waals surface area contributed by atoms with Gasteiger partial charge in [0.05, 0.1) is 6.61 Å². The van der Waals surface area contributed by atoms with Crippen molar-refractivity contribution in [3.8, 4) is 0 Å². The van der Waals surface area contributed by atoms with Crippen LogP contribution >= 0.6 is 0 Å². The van der Waals surface area contributed by atoms with E-state index in [2.05, 4.69) is 19.1 Å². The highest BCUT2D eigenvalue weighted by atomic mass is 16.5. The Balaban J connectivity index is 3.06. The van der Waals surface area contributed by atoms with Crippen LogP contribution in [0.2, 0.25) is 0 Å². The highest BCUT2D eigenvalue weighted by Crippen LogP contribution is 2.12. The van der Waals surface area contributed by atoms with Crippen LogP contribution in [0.3, 0.4) is 0 Å². The van der Waals surface area contributed by atoms with Crippen molar-refractivity contribution in [3.05, 3.63) is 12.2 Å². The standard InChI is InChI=1S/C24H46O2/c1-3-4-5-6-7-8-9-10-11-12-13-14-15-16-17-18-19-20-21-22-23-26-24(2)25/h10-11H,3-9,12-23H2,1-2H3. The molecule has 0 spiro atoms. The van der Waals surface area contributed by atoms with Gasteiger partial charge in [0.1, 0.15) is 0 Å². The van der Waals surface area contributed by atoms with Gasteiger partial charge in [0, 0.05) is 6.92 Å². The third-order valence-corrected chi connectivity index (χ3v) is 4.96. The molecule has 0 aliphatic carbocycles. The summed E-state index contributed by atoms with van der Waals surface area (Å²) in [5.41, 5.74) is 0. The van der Waals surface area contributed by atoms with E-state index < -0.39 is 0 Å². The van der Waals surface area contributed by atoms with Gasteiger partial charge in [-0.15, -0.1) is 0 Å². The van der Waals surface area contributed by atoms with Crippen LogP contribution in [0.15, 0.2) is 12.2 Å². The molecule has 2 heteroatoms. The van der Waals surface area contributed by atoms with Crippen molar-refractivity contribution in [1.82, 2.24) is 0 Å². The van der Waals surface area contributed by atoms with Crippen LogP contribution in [0.25, 0.3) is 0 Å². The number of unbranched alkanes of at least 4 members (excludes halogenated alkanes) is 16. The molecule has 26 heavy (non-hydrogen) atoms. The molecule has 0 amide bonds. The lowest BCUT2D eigenvalue weighted by atomic mass is 10.1. The molecule has 154 valence electrons. The van der Waals surface area contributed by atoms with Gasteiger partial charge in [0.2, 0.25) is 0 Å². The fourth-order valence-electron chi connectivity index (χ4n) is 3.27. The van der Waals surface area contributed by atoms with Crippen LogP contribution in [0.1, 0.15) is 129 Å². The van der Waals surface area contributed by atoms with E-state index in [1.807, 2.05) is 0 Å². The predicted octanol–water partition coefficient (Wildman–Crippen LogP) is 8.15. The van der Waals surface area contributed by atoms with Crippen molar-refractivity contribution in [3.63, 3.8) is 0 Å². The van der Waals surface area contributed by atoms with Gasteiger partial charge in [0.15, 0.2) is 0 Å². The lowest BCUT2D eigenvalue weighted by molar-refractivity contribution is -0.141. The Kier molecular flexibility index (Phi) is 21.6. The molecule has 0 radical (unpaired) electrons. The van der Waals surface area contributed by atoms with Crippen LogP contribution in [0.4, 0.5) is 0 Å². The van der Waals surface area contributed by atoms with Crippen LogP contribution in [-0.4, -0.2) is 12.6 Å². The molecule has 0 atom stereocenters. The van der Waals surface area contributed by atoms with Gasteiger partial charge in [-0.25, -0.2) is 0 Å². The molecule has 0 bridgehead atoms. The average Bonchev–Trinajstić information content (AvgIpc) is 2.62. The van der Waals surface area contributed by atoms with E-state index in [-0.39, 0.29) is 5.97 Å². The highest BCUT2D eigenvalue weighted by molar-refractivity contribution is 5.65. The van der Waals surface area contributed by atoms with Crippen LogP contribution in [0.5, 0.6) is 0 Å². The molecule has 0 saturated heterocycles. The summed E-state index contributed by atoms with van der Waals surface area (Å²) in [6.45, 7) is 4.36. The molecule has 0 aliphatic heterocycles. The Morgan fingerprint density at radius 2 is 1.00 bits per heavy atom. The Morgan fingerprint density at radius 3 is 1.42 bits per heavy atom. The Labute approximate surface area is 164 Å². The molecular formula is C24H46O2. The van der Waals surface area contributed by atoms with Crippen LogP contribution < -0.4 is 0 Å². The molecular weight excluding hydrogens is 320 g/mol. The maximum atomic E-state index is 10.6. The zero-order valence-corrected chi connectivity index (χ0v) is 17.9. The summed E-state index contributed by atoms with van der Waals surface area (Å²) in [6, 6.07) is 0. The predicted molar refractivity (Wildman–Crippen MR) is 115 cm³/mol. The highest BCUT2D eigenvalue weighted by Gasteiger charge is 1.95. The second-order valence-corrected chi connectivity index (χ2v) is 7.69. The lowest BCUT2D eigenvalue weighted by Gasteiger charge is -2.03. The molecule has 0 heterocycles. The molecule has 0 aromatic rings. The van der Waals surface area contributed by atoms with E-state index in [1.54, 1.807) is 0 Å². The third-order valence-electron chi connectivity index (χ3n) is 4.96. The Morgan fingerprint density at radius 1 is 0.615 bits per heavy atom. The van der Waals surface area contributed by atoms with Crippen molar-refractivity contribution >= 4 is 5.97 Å².